The first-order valence-corrected chi connectivity index (χ1v) is 9.72. The molecular formula is C20H10Cl4N2O3. The average Bonchev–Trinajstić information content (AvgIpc) is 3.26. The lowest BCUT2D eigenvalue weighted by molar-refractivity contribution is -0.117. The standard InChI is InChI=1S/C20H10Cl4N2O3/c21-10-1-4-15(22)13(7-10)18-6-3-12(29-18)9-14-19(27)25-26(20(14)28)11-2-5-16(23)17(24)8-11/h1-9H,(H,25,27)/b14-9-. The second kappa shape index (κ2) is 7.76. The van der Waals surface area contributed by atoms with E-state index in [2.05, 4.69) is 5.43 Å². The molecule has 4 rings (SSSR count). The maximum absolute atomic E-state index is 12.7. The van der Waals surface area contributed by atoms with E-state index in [0.717, 1.165) is 5.01 Å². The number of furan rings is 1. The Labute approximate surface area is 185 Å². The van der Waals surface area contributed by atoms with Crippen molar-refractivity contribution >= 4 is 70.0 Å². The van der Waals surface area contributed by atoms with Crippen molar-refractivity contribution in [2.24, 2.45) is 0 Å². The quantitative estimate of drug-likeness (QED) is 0.378. The van der Waals surface area contributed by atoms with Gasteiger partial charge in [-0.15, -0.1) is 0 Å². The molecule has 2 amide bonds. The van der Waals surface area contributed by atoms with E-state index in [-0.39, 0.29) is 10.6 Å². The molecule has 0 unspecified atom stereocenters. The predicted molar refractivity (Wildman–Crippen MR) is 114 cm³/mol. The van der Waals surface area contributed by atoms with Crippen LogP contribution in [0.15, 0.2) is 58.5 Å². The SMILES string of the molecule is O=C1NN(c2ccc(Cl)c(Cl)c2)C(=O)/C1=C\c1ccc(-c2cc(Cl)ccc2Cl)o1. The average molecular weight is 468 g/mol. The number of anilines is 1. The molecule has 5 nitrogen and oxygen atoms in total. The maximum atomic E-state index is 12.7. The maximum Gasteiger partial charge on any atom is 0.282 e. The molecule has 0 spiro atoms. The zero-order chi connectivity index (χ0) is 20.7. The molecule has 3 aromatic rings. The molecule has 29 heavy (non-hydrogen) atoms. The van der Waals surface area contributed by atoms with Crippen LogP contribution in [0.25, 0.3) is 17.4 Å². The van der Waals surface area contributed by atoms with Gasteiger partial charge in [-0.3, -0.25) is 15.0 Å². The number of benzene rings is 2. The van der Waals surface area contributed by atoms with E-state index < -0.39 is 11.8 Å². The number of hydrogen-bond donors (Lipinski definition) is 1. The fraction of sp³-hybridized carbons (Fsp3) is 0. The number of hydrogen-bond acceptors (Lipinski definition) is 3. The third kappa shape index (κ3) is 3.87. The smallest absolute Gasteiger partial charge is 0.282 e. The molecule has 2 aromatic carbocycles. The molecule has 1 fully saturated rings. The highest BCUT2D eigenvalue weighted by molar-refractivity contribution is 6.42. The monoisotopic (exact) mass is 466 g/mol. The molecule has 0 atom stereocenters. The first-order chi connectivity index (χ1) is 13.8. The van der Waals surface area contributed by atoms with Crippen LogP contribution < -0.4 is 10.4 Å². The molecule has 1 aromatic heterocycles. The lowest BCUT2D eigenvalue weighted by Crippen LogP contribution is -2.35. The van der Waals surface area contributed by atoms with E-state index in [1.165, 1.54) is 18.2 Å². The van der Waals surface area contributed by atoms with Gasteiger partial charge in [0.05, 0.1) is 20.8 Å². The van der Waals surface area contributed by atoms with E-state index in [4.69, 9.17) is 50.8 Å². The Morgan fingerprint density at radius 2 is 1.62 bits per heavy atom. The topological polar surface area (TPSA) is 62.6 Å². The Hall–Kier alpha value is -2.44. The van der Waals surface area contributed by atoms with Crippen molar-refractivity contribution in [3.05, 3.63) is 80.0 Å². The molecule has 0 radical (unpaired) electrons. The Balaban J connectivity index is 1.64. The van der Waals surface area contributed by atoms with Gasteiger partial charge in [-0.1, -0.05) is 46.4 Å². The lowest BCUT2D eigenvalue weighted by atomic mass is 10.2. The van der Waals surface area contributed by atoms with Crippen LogP contribution in [0.2, 0.25) is 20.1 Å². The van der Waals surface area contributed by atoms with Crippen molar-refractivity contribution in [2.75, 3.05) is 5.01 Å². The molecule has 1 N–H and O–H groups in total. The zero-order valence-electron chi connectivity index (χ0n) is 14.4. The third-order valence-corrected chi connectivity index (χ3v) is 5.46. The van der Waals surface area contributed by atoms with Crippen LogP contribution in [-0.2, 0) is 9.59 Å². The molecule has 0 aliphatic carbocycles. The van der Waals surface area contributed by atoms with E-state index in [1.807, 2.05) is 0 Å². The summed E-state index contributed by atoms with van der Waals surface area (Å²) in [6, 6.07) is 12.9. The fourth-order valence-corrected chi connectivity index (χ4v) is 3.44. The summed E-state index contributed by atoms with van der Waals surface area (Å²) in [7, 11) is 0. The summed E-state index contributed by atoms with van der Waals surface area (Å²) in [6.07, 6.45) is 1.36. The number of hydrazine groups is 1. The van der Waals surface area contributed by atoms with Gasteiger partial charge in [0.2, 0.25) is 0 Å². The summed E-state index contributed by atoms with van der Waals surface area (Å²) in [5, 5.41) is 2.66. The molecule has 146 valence electrons. The van der Waals surface area contributed by atoms with Crippen LogP contribution in [0, 0.1) is 0 Å². The molecule has 0 saturated carbocycles. The molecule has 9 heteroatoms. The van der Waals surface area contributed by atoms with Gasteiger partial charge in [0, 0.05) is 10.6 Å². The molecule has 1 aliphatic rings. The number of amides is 2. The summed E-state index contributed by atoms with van der Waals surface area (Å²) in [5.41, 5.74) is 3.38. The minimum Gasteiger partial charge on any atom is -0.457 e. The third-order valence-electron chi connectivity index (χ3n) is 4.16. The van der Waals surface area contributed by atoms with Gasteiger partial charge in [-0.25, -0.2) is 5.01 Å². The molecule has 2 heterocycles. The van der Waals surface area contributed by atoms with E-state index in [0.29, 0.717) is 37.8 Å². The highest BCUT2D eigenvalue weighted by atomic mass is 35.5. The van der Waals surface area contributed by atoms with E-state index >= 15 is 0 Å². The van der Waals surface area contributed by atoms with Crippen LogP contribution in [0.4, 0.5) is 5.69 Å². The minimum atomic E-state index is -0.570. The van der Waals surface area contributed by atoms with Gasteiger partial charge in [0.15, 0.2) is 0 Å². The zero-order valence-corrected chi connectivity index (χ0v) is 17.4. The molecule has 1 aliphatic heterocycles. The van der Waals surface area contributed by atoms with E-state index in [9.17, 15) is 9.59 Å². The van der Waals surface area contributed by atoms with Crippen LogP contribution in [0.5, 0.6) is 0 Å². The first-order valence-electron chi connectivity index (χ1n) is 8.21. The summed E-state index contributed by atoms with van der Waals surface area (Å²) in [6.45, 7) is 0. The number of nitrogens with zero attached hydrogens (tertiary/aromatic N) is 1. The first kappa shape index (κ1) is 19.9. The Morgan fingerprint density at radius 3 is 2.38 bits per heavy atom. The number of rotatable bonds is 3. The summed E-state index contributed by atoms with van der Waals surface area (Å²) >= 11 is 24.1. The Bertz CT molecular complexity index is 1190. The van der Waals surface area contributed by atoms with Crippen molar-refractivity contribution in [3.63, 3.8) is 0 Å². The van der Waals surface area contributed by atoms with E-state index in [1.54, 1.807) is 36.4 Å². The highest BCUT2D eigenvalue weighted by Crippen LogP contribution is 2.33. The Kier molecular flexibility index (Phi) is 5.32. The highest BCUT2D eigenvalue weighted by Gasteiger charge is 2.35. The Morgan fingerprint density at radius 1 is 0.862 bits per heavy atom. The second-order valence-electron chi connectivity index (χ2n) is 6.06. The van der Waals surface area contributed by atoms with Crippen molar-refractivity contribution in [1.82, 2.24) is 5.43 Å². The second-order valence-corrected chi connectivity index (χ2v) is 7.72. The fourth-order valence-electron chi connectivity index (χ4n) is 2.77. The number of halogens is 4. The minimum absolute atomic E-state index is 0.0887. The van der Waals surface area contributed by atoms with Crippen LogP contribution in [0.1, 0.15) is 5.76 Å². The van der Waals surface area contributed by atoms with Gasteiger partial charge in [0.1, 0.15) is 17.1 Å². The van der Waals surface area contributed by atoms with Crippen LogP contribution >= 0.6 is 46.4 Å². The summed E-state index contributed by atoms with van der Waals surface area (Å²) < 4.78 is 5.73. The lowest BCUT2D eigenvalue weighted by Gasteiger charge is -2.15. The van der Waals surface area contributed by atoms with Gasteiger partial charge in [-0.2, -0.15) is 0 Å². The van der Waals surface area contributed by atoms with Gasteiger partial charge in [0.25, 0.3) is 11.8 Å². The molecule has 0 bridgehead atoms. The van der Waals surface area contributed by atoms with Crippen molar-refractivity contribution < 1.29 is 14.0 Å². The number of nitrogens with one attached hydrogen (secondary N) is 1. The number of carbonyl (C=O) groups is 2. The molecular weight excluding hydrogens is 458 g/mol. The van der Waals surface area contributed by atoms with Crippen LogP contribution in [-0.4, -0.2) is 11.8 Å². The normalized spacial score (nSPS) is 15.3. The number of carbonyl (C=O) groups excluding carboxylic acids is 2. The van der Waals surface area contributed by atoms with Gasteiger partial charge in [-0.05, 0) is 54.6 Å². The van der Waals surface area contributed by atoms with Crippen molar-refractivity contribution in [2.45, 2.75) is 0 Å². The van der Waals surface area contributed by atoms with Crippen molar-refractivity contribution in [3.8, 4) is 11.3 Å². The largest absolute Gasteiger partial charge is 0.457 e. The predicted octanol–water partition coefficient (Wildman–Crippen LogP) is 6.02. The van der Waals surface area contributed by atoms with Crippen molar-refractivity contribution in [1.29, 1.82) is 0 Å². The molecule has 1 saturated heterocycles. The van der Waals surface area contributed by atoms with Crippen LogP contribution in [0.3, 0.4) is 0 Å². The van der Waals surface area contributed by atoms with Gasteiger partial charge >= 0.3 is 0 Å². The van der Waals surface area contributed by atoms with Gasteiger partial charge < -0.3 is 4.42 Å². The summed E-state index contributed by atoms with van der Waals surface area (Å²) in [4.78, 5) is 25.0. The summed E-state index contributed by atoms with van der Waals surface area (Å²) in [5.74, 6) is -0.353.